The zero-order valence-corrected chi connectivity index (χ0v) is 10.5. The predicted molar refractivity (Wildman–Crippen MR) is 62.2 cm³/mol. The highest BCUT2D eigenvalue weighted by molar-refractivity contribution is 7.11. The Morgan fingerprint density at radius 3 is 2.71 bits per heavy atom. The van der Waals surface area contributed by atoms with Crippen molar-refractivity contribution in [2.24, 2.45) is 5.73 Å². The van der Waals surface area contributed by atoms with Crippen molar-refractivity contribution in [1.29, 1.82) is 0 Å². The summed E-state index contributed by atoms with van der Waals surface area (Å²) in [6.07, 6.45) is -2.48. The van der Waals surface area contributed by atoms with E-state index in [4.69, 9.17) is 5.73 Å². The van der Waals surface area contributed by atoms with Crippen LogP contribution in [0.3, 0.4) is 0 Å². The highest BCUT2D eigenvalue weighted by Gasteiger charge is 2.33. The van der Waals surface area contributed by atoms with Crippen LogP contribution in [0.15, 0.2) is 6.20 Å². The molecule has 1 aromatic rings. The highest BCUT2D eigenvalue weighted by atomic mass is 35.5. The lowest BCUT2D eigenvalue weighted by Gasteiger charge is -2.12. The Balaban J connectivity index is 0.00000144. The number of thiazole rings is 1. The number of hydrogen-bond donors (Lipinski definition) is 1. The number of alkyl halides is 3. The maximum atomic E-state index is 12.3. The molecule has 1 fully saturated rings. The minimum absolute atomic E-state index is 0. The predicted octanol–water partition coefficient (Wildman–Crippen LogP) is 2.12. The molecule has 1 aromatic heterocycles. The van der Waals surface area contributed by atoms with E-state index in [-0.39, 0.29) is 18.4 Å². The smallest absolute Gasteiger partial charge is 0.326 e. The van der Waals surface area contributed by atoms with E-state index in [1.54, 1.807) is 0 Å². The van der Waals surface area contributed by atoms with Gasteiger partial charge in [0.1, 0.15) is 9.88 Å². The van der Waals surface area contributed by atoms with Crippen molar-refractivity contribution in [2.45, 2.75) is 25.2 Å². The molecule has 17 heavy (non-hydrogen) atoms. The van der Waals surface area contributed by atoms with E-state index in [1.807, 2.05) is 4.90 Å². The van der Waals surface area contributed by atoms with Gasteiger partial charge in [0.2, 0.25) is 0 Å². The lowest BCUT2D eigenvalue weighted by Crippen LogP contribution is -2.26. The third-order valence-electron chi connectivity index (χ3n) is 2.50. The van der Waals surface area contributed by atoms with Gasteiger partial charge >= 0.3 is 6.18 Å². The average Bonchev–Trinajstić information content (AvgIpc) is 2.74. The second-order valence-corrected chi connectivity index (χ2v) is 5.02. The van der Waals surface area contributed by atoms with Crippen molar-refractivity contribution in [3.63, 3.8) is 0 Å². The summed E-state index contributed by atoms with van der Waals surface area (Å²) in [7, 11) is 0. The minimum atomic E-state index is -4.28. The van der Waals surface area contributed by atoms with Crippen molar-refractivity contribution in [3.05, 3.63) is 16.1 Å². The molecule has 0 aliphatic carbocycles. The zero-order chi connectivity index (χ0) is 11.8. The molecule has 1 unspecified atom stereocenters. The van der Waals surface area contributed by atoms with Crippen LogP contribution in [0.1, 0.15) is 16.3 Å². The van der Waals surface area contributed by atoms with Gasteiger partial charge in [0.25, 0.3) is 0 Å². The molecule has 1 aliphatic rings. The molecule has 0 bridgehead atoms. The molecular formula is C9H13ClF3N3S. The molecule has 0 spiro atoms. The SMILES string of the molecule is Cl.NC1CCN(Cc2ncc(C(F)(F)F)s2)C1. The normalized spacial score (nSPS) is 21.5. The quantitative estimate of drug-likeness (QED) is 0.906. The molecule has 0 radical (unpaired) electrons. The molecule has 1 aliphatic heterocycles. The van der Waals surface area contributed by atoms with E-state index in [1.165, 1.54) is 0 Å². The molecule has 1 atom stereocenters. The van der Waals surface area contributed by atoms with Crippen molar-refractivity contribution in [1.82, 2.24) is 9.88 Å². The summed E-state index contributed by atoms with van der Waals surface area (Å²) >= 11 is 0.709. The molecule has 98 valence electrons. The van der Waals surface area contributed by atoms with Gasteiger partial charge < -0.3 is 5.73 Å². The van der Waals surface area contributed by atoms with Crippen LogP contribution >= 0.6 is 23.7 Å². The van der Waals surface area contributed by atoms with Crippen LogP contribution < -0.4 is 5.73 Å². The zero-order valence-electron chi connectivity index (χ0n) is 8.91. The number of hydrogen-bond acceptors (Lipinski definition) is 4. The van der Waals surface area contributed by atoms with Gasteiger partial charge in [-0.1, -0.05) is 0 Å². The number of halogens is 4. The Labute approximate surface area is 107 Å². The first-order valence-electron chi connectivity index (χ1n) is 4.95. The van der Waals surface area contributed by atoms with Crippen molar-refractivity contribution in [3.8, 4) is 0 Å². The van der Waals surface area contributed by atoms with Gasteiger partial charge in [-0.25, -0.2) is 4.98 Å². The van der Waals surface area contributed by atoms with Crippen LogP contribution in [0, 0.1) is 0 Å². The van der Waals surface area contributed by atoms with Gasteiger partial charge in [-0.2, -0.15) is 13.2 Å². The Bertz CT molecular complexity index is 369. The fraction of sp³-hybridized carbons (Fsp3) is 0.667. The molecule has 0 saturated carbocycles. The van der Waals surface area contributed by atoms with Gasteiger partial charge in [0.15, 0.2) is 0 Å². The number of rotatable bonds is 2. The molecule has 1 saturated heterocycles. The number of likely N-dealkylation sites (tertiary alicyclic amines) is 1. The van der Waals surface area contributed by atoms with Crippen LogP contribution in [0.2, 0.25) is 0 Å². The number of nitrogens with zero attached hydrogens (tertiary/aromatic N) is 2. The molecule has 3 nitrogen and oxygen atoms in total. The lowest BCUT2D eigenvalue weighted by atomic mass is 10.3. The second kappa shape index (κ2) is 5.51. The third kappa shape index (κ3) is 3.80. The topological polar surface area (TPSA) is 42.1 Å². The van der Waals surface area contributed by atoms with E-state index in [0.717, 1.165) is 25.7 Å². The minimum Gasteiger partial charge on any atom is -0.326 e. The maximum Gasteiger partial charge on any atom is 0.427 e. The standard InChI is InChI=1S/C9H12F3N3S.ClH/c10-9(11,12)7-3-14-8(16-7)5-15-2-1-6(13)4-15;/h3,6H,1-2,4-5,13H2;1H. The molecule has 2 rings (SSSR count). The number of nitrogens with two attached hydrogens (primary N) is 1. The van der Waals surface area contributed by atoms with Gasteiger partial charge in [-0.05, 0) is 6.42 Å². The monoisotopic (exact) mass is 287 g/mol. The lowest BCUT2D eigenvalue weighted by molar-refractivity contribution is -0.134. The van der Waals surface area contributed by atoms with Crippen molar-refractivity contribution < 1.29 is 13.2 Å². The Morgan fingerprint density at radius 1 is 1.53 bits per heavy atom. The highest BCUT2D eigenvalue weighted by Crippen LogP contribution is 2.33. The molecule has 0 amide bonds. The fourth-order valence-corrected chi connectivity index (χ4v) is 2.54. The van der Waals surface area contributed by atoms with Gasteiger partial charge in [0.05, 0.1) is 12.7 Å². The molecular weight excluding hydrogens is 275 g/mol. The first-order valence-corrected chi connectivity index (χ1v) is 5.76. The van der Waals surface area contributed by atoms with Crippen LogP contribution in [0.5, 0.6) is 0 Å². The molecule has 2 heterocycles. The van der Waals surface area contributed by atoms with Crippen LogP contribution in [0.4, 0.5) is 13.2 Å². The third-order valence-corrected chi connectivity index (χ3v) is 3.53. The summed E-state index contributed by atoms with van der Waals surface area (Å²) in [5, 5.41) is 0.501. The second-order valence-electron chi connectivity index (χ2n) is 3.90. The summed E-state index contributed by atoms with van der Waals surface area (Å²) in [6, 6.07) is 0.141. The first kappa shape index (κ1) is 14.7. The van der Waals surface area contributed by atoms with E-state index < -0.39 is 11.1 Å². The van der Waals surface area contributed by atoms with Gasteiger partial charge in [-0.3, -0.25) is 4.90 Å². The summed E-state index contributed by atoms with van der Waals surface area (Å²) in [6.45, 7) is 2.04. The van der Waals surface area contributed by atoms with Gasteiger partial charge in [-0.15, -0.1) is 23.7 Å². The first-order chi connectivity index (χ1) is 7.45. The fourth-order valence-electron chi connectivity index (χ4n) is 1.71. The van der Waals surface area contributed by atoms with E-state index in [0.29, 0.717) is 22.9 Å². The van der Waals surface area contributed by atoms with E-state index >= 15 is 0 Å². The molecule has 2 N–H and O–H groups in total. The van der Waals surface area contributed by atoms with E-state index in [9.17, 15) is 13.2 Å². The summed E-state index contributed by atoms with van der Waals surface area (Å²) in [4.78, 5) is 5.19. The maximum absolute atomic E-state index is 12.3. The Hall–Kier alpha value is -0.370. The van der Waals surface area contributed by atoms with E-state index in [2.05, 4.69) is 4.98 Å². The number of aromatic nitrogens is 1. The van der Waals surface area contributed by atoms with Crippen LogP contribution in [-0.4, -0.2) is 29.0 Å². The molecule has 0 aromatic carbocycles. The van der Waals surface area contributed by atoms with Gasteiger partial charge in [0, 0.05) is 19.1 Å². The summed E-state index contributed by atoms with van der Waals surface area (Å²) in [5.41, 5.74) is 5.71. The molecule has 8 heteroatoms. The van der Waals surface area contributed by atoms with Crippen LogP contribution in [-0.2, 0) is 12.7 Å². The Morgan fingerprint density at radius 2 is 2.24 bits per heavy atom. The largest absolute Gasteiger partial charge is 0.427 e. The van der Waals surface area contributed by atoms with Crippen molar-refractivity contribution in [2.75, 3.05) is 13.1 Å². The van der Waals surface area contributed by atoms with Crippen molar-refractivity contribution >= 4 is 23.7 Å². The van der Waals surface area contributed by atoms with Crippen LogP contribution in [0.25, 0.3) is 0 Å². The summed E-state index contributed by atoms with van der Waals surface area (Å²) < 4.78 is 36.9. The summed E-state index contributed by atoms with van der Waals surface area (Å²) in [5.74, 6) is 0. The average molecular weight is 288 g/mol. The Kier molecular flexibility index (Phi) is 4.77.